The van der Waals surface area contributed by atoms with Gasteiger partial charge in [-0.15, -0.1) is 0 Å². The predicted molar refractivity (Wildman–Crippen MR) is 52.2 cm³/mol. The first-order valence-corrected chi connectivity index (χ1v) is 4.48. The minimum Gasteiger partial charge on any atom is -0.392 e. The second-order valence-electron chi connectivity index (χ2n) is 2.37. The third-order valence-electron chi connectivity index (χ3n) is 1.51. The highest BCUT2D eigenvalue weighted by Crippen LogP contribution is 2.28. The predicted octanol–water partition coefficient (Wildman–Crippen LogP) is 1.70. The zero-order valence-electron chi connectivity index (χ0n) is 6.47. The molecule has 0 fully saturated rings. The van der Waals surface area contributed by atoms with E-state index >= 15 is 0 Å². The molecule has 0 unspecified atom stereocenters. The minimum absolute atomic E-state index is 0.131. The summed E-state index contributed by atoms with van der Waals surface area (Å²) in [4.78, 5) is 3.68. The summed E-state index contributed by atoms with van der Waals surface area (Å²) < 4.78 is 25.0. The van der Waals surface area contributed by atoms with Gasteiger partial charge in [-0.1, -0.05) is 0 Å². The van der Waals surface area contributed by atoms with E-state index in [9.17, 15) is 8.78 Å². The van der Waals surface area contributed by atoms with Crippen molar-refractivity contribution in [3.8, 4) is 0 Å². The van der Waals surface area contributed by atoms with Crippen LogP contribution in [0.15, 0.2) is 6.07 Å². The second-order valence-corrected chi connectivity index (χ2v) is 3.39. The van der Waals surface area contributed by atoms with Gasteiger partial charge in [-0.2, -0.15) is 0 Å². The second kappa shape index (κ2) is 4.14. The quantitative estimate of drug-likeness (QED) is 0.645. The molecule has 0 atom stereocenters. The number of alkyl halides is 2. The maximum atomic E-state index is 12.4. The highest BCUT2D eigenvalue weighted by Gasteiger charge is 2.17. The van der Waals surface area contributed by atoms with E-state index in [1.165, 1.54) is 6.07 Å². The molecule has 1 heterocycles. The number of aliphatic hydroxyl groups is 1. The molecule has 72 valence electrons. The van der Waals surface area contributed by atoms with Crippen molar-refractivity contribution in [3.63, 3.8) is 0 Å². The van der Waals surface area contributed by atoms with Crippen molar-refractivity contribution in [2.45, 2.75) is 13.0 Å². The third-order valence-corrected chi connectivity index (χ3v) is 2.33. The monoisotopic (exact) mass is 300 g/mol. The SMILES string of the molecule is Nc1cc(CO)c(C(F)F)c(I)n1. The lowest BCUT2D eigenvalue weighted by molar-refractivity contribution is 0.145. The van der Waals surface area contributed by atoms with E-state index in [-0.39, 0.29) is 20.6 Å². The van der Waals surface area contributed by atoms with Crippen molar-refractivity contribution >= 4 is 28.4 Å². The van der Waals surface area contributed by atoms with Crippen LogP contribution in [0.3, 0.4) is 0 Å². The third kappa shape index (κ3) is 2.25. The molecular formula is C7H7F2IN2O. The molecule has 3 nitrogen and oxygen atoms in total. The molecular weight excluding hydrogens is 293 g/mol. The standard InChI is InChI=1S/C7H7F2IN2O/c8-6(9)5-3(2-13)1-4(11)12-7(5)10/h1,6,13H,2H2,(H2,11,12). The summed E-state index contributed by atoms with van der Waals surface area (Å²) in [5.41, 5.74) is 5.22. The number of aromatic nitrogens is 1. The maximum absolute atomic E-state index is 12.4. The Morgan fingerprint density at radius 2 is 2.23 bits per heavy atom. The molecule has 0 amide bonds. The summed E-state index contributed by atoms with van der Waals surface area (Å²) in [7, 11) is 0. The van der Waals surface area contributed by atoms with Crippen molar-refractivity contribution in [2.24, 2.45) is 0 Å². The fraction of sp³-hybridized carbons (Fsp3) is 0.286. The van der Waals surface area contributed by atoms with Gasteiger partial charge >= 0.3 is 0 Å². The number of nitrogens with two attached hydrogens (primary N) is 1. The molecule has 0 saturated carbocycles. The Kier molecular flexibility index (Phi) is 3.37. The van der Waals surface area contributed by atoms with Crippen LogP contribution in [-0.2, 0) is 6.61 Å². The number of pyridine rings is 1. The lowest BCUT2D eigenvalue weighted by Gasteiger charge is -2.08. The number of nitrogens with zero attached hydrogens (tertiary/aromatic N) is 1. The molecule has 0 aliphatic heterocycles. The van der Waals surface area contributed by atoms with Gasteiger partial charge in [-0.05, 0) is 34.2 Å². The summed E-state index contributed by atoms with van der Waals surface area (Å²) in [5, 5.41) is 8.80. The Morgan fingerprint density at radius 3 is 2.69 bits per heavy atom. The molecule has 6 heteroatoms. The molecule has 1 rings (SSSR count). The molecule has 0 aliphatic carbocycles. The smallest absolute Gasteiger partial charge is 0.266 e. The van der Waals surface area contributed by atoms with Gasteiger partial charge < -0.3 is 10.8 Å². The Bertz CT molecular complexity index is 320. The summed E-state index contributed by atoms with van der Waals surface area (Å²) in [6.07, 6.45) is -2.64. The number of aliphatic hydroxyl groups excluding tert-OH is 1. The molecule has 3 N–H and O–H groups in total. The van der Waals surface area contributed by atoms with Crippen molar-refractivity contribution in [1.29, 1.82) is 0 Å². The summed E-state index contributed by atoms with van der Waals surface area (Å²) >= 11 is 1.67. The molecule has 0 saturated heterocycles. The van der Waals surface area contributed by atoms with E-state index in [2.05, 4.69) is 4.98 Å². The number of halogens is 3. The Balaban J connectivity index is 3.30. The average molecular weight is 300 g/mol. The van der Waals surface area contributed by atoms with Crippen LogP contribution in [0.5, 0.6) is 0 Å². The zero-order chi connectivity index (χ0) is 10.0. The minimum atomic E-state index is -2.64. The van der Waals surface area contributed by atoms with Crippen LogP contribution in [0.4, 0.5) is 14.6 Å². The molecule has 0 aliphatic rings. The average Bonchev–Trinajstić information content (AvgIpc) is 2.01. The molecule has 0 bridgehead atoms. The van der Waals surface area contributed by atoms with Crippen molar-refractivity contribution in [1.82, 2.24) is 4.98 Å². The summed E-state index contributed by atoms with van der Waals surface area (Å²) in [6.45, 7) is -0.456. The van der Waals surface area contributed by atoms with Crippen LogP contribution in [0.2, 0.25) is 0 Å². The van der Waals surface area contributed by atoms with Gasteiger partial charge in [-0.3, -0.25) is 0 Å². The molecule has 0 radical (unpaired) electrons. The Morgan fingerprint density at radius 1 is 1.62 bits per heavy atom. The molecule has 0 spiro atoms. The summed E-state index contributed by atoms with van der Waals surface area (Å²) in [6, 6.07) is 1.25. The van der Waals surface area contributed by atoms with Crippen molar-refractivity contribution in [3.05, 3.63) is 20.9 Å². The van der Waals surface area contributed by atoms with Gasteiger partial charge in [0.2, 0.25) is 0 Å². The van der Waals surface area contributed by atoms with E-state index in [1.54, 1.807) is 22.6 Å². The number of hydrogen-bond acceptors (Lipinski definition) is 3. The van der Waals surface area contributed by atoms with E-state index < -0.39 is 13.0 Å². The topological polar surface area (TPSA) is 59.1 Å². The van der Waals surface area contributed by atoms with Crippen molar-refractivity contribution in [2.75, 3.05) is 5.73 Å². The lowest BCUT2D eigenvalue weighted by atomic mass is 10.1. The number of nitrogen functional groups attached to an aromatic ring is 1. The van der Waals surface area contributed by atoms with Crippen molar-refractivity contribution < 1.29 is 13.9 Å². The normalized spacial score (nSPS) is 10.8. The van der Waals surface area contributed by atoms with Crippen LogP contribution in [0.1, 0.15) is 17.6 Å². The van der Waals surface area contributed by atoms with Crippen LogP contribution in [0.25, 0.3) is 0 Å². The first-order chi connectivity index (χ1) is 6.06. The van der Waals surface area contributed by atoms with E-state index in [0.717, 1.165) is 0 Å². The van der Waals surface area contributed by atoms with Gasteiger partial charge in [0.05, 0.1) is 12.2 Å². The highest BCUT2D eigenvalue weighted by molar-refractivity contribution is 14.1. The zero-order valence-corrected chi connectivity index (χ0v) is 8.62. The number of anilines is 1. The largest absolute Gasteiger partial charge is 0.392 e. The Hall–Kier alpha value is -0.500. The molecule has 13 heavy (non-hydrogen) atoms. The first-order valence-electron chi connectivity index (χ1n) is 3.40. The van der Waals surface area contributed by atoms with Gasteiger partial charge in [0.25, 0.3) is 6.43 Å². The lowest BCUT2D eigenvalue weighted by Crippen LogP contribution is -2.03. The fourth-order valence-corrected chi connectivity index (χ4v) is 1.82. The summed E-state index contributed by atoms with van der Waals surface area (Å²) in [5.74, 6) is 0.137. The Labute approximate surface area is 87.1 Å². The fourth-order valence-electron chi connectivity index (χ4n) is 0.956. The van der Waals surface area contributed by atoms with Gasteiger partial charge in [0.1, 0.15) is 9.52 Å². The van der Waals surface area contributed by atoms with Crippen LogP contribution in [-0.4, -0.2) is 10.1 Å². The van der Waals surface area contributed by atoms with Gasteiger partial charge in [0, 0.05) is 0 Å². The van der Waals surface area contributed by atoms with Crippen LogP contribution >= 0.6 is 22.6 Å². The molecule has 1 aromatic rings. The van der Waals surface area contributed by atoms with E-state index in [1.807, 2.05) is 0 Å². The highest BCUT2D eigenvalue weighted by atomic mass is 127. The van der Waals surface area contributed by atoms with Gasteiger partial charge in [-0.25, -0.2) is 13.8 Å². The van der Waals surface area contributed by atoms with Gasteiger partial charge in [0.15, 0.2) is 0 Å². The first kappa shape index (κ1) is 10.6. The van der Waals surface area contributed by atoms with E-state index in [0.29, 0.717) is 0 Å². The maximum Gasteiger partial charge on any atom is 0.266 e. The number of hydrogen-bond donors (Lipinski definition) is 2. The van der Waals surface area contributed by atoms with Crippen LogP contribution < -0.4 is 5.73 Å². The number of rotatable bonds is 2. The van der Waals surface area contributed by atoms with E-state index in [4.69, 9.17) is 10.8 Å². The molecule has 1 aromatic heterocycles. The van der Waals surface area contributed by atoms with Crippen LogP contribution in [0, 0.1) is 3.70 Å². The molecule has 0 aromatic carbocycles.